The highest BCUT2D eigenvalue weighted by molar-refractivity contribution is 9.09. The molecule has 0 saturated heterocycles. The van der Waals surface area contributed by atoms with Gasteiger partial charge in [-0.05, 0) is 24.7 Å². The van der Waals surface area contributed by atoms with Gasteiger partial charge in [0, 0.05) is 11.4 Å². The Labute approximate surface area is 109 Å². The molecule has 0 aliphatic heterocycles. The summed E-state index contributed by atoms with van der Waals surface area (Å²) in [6.45, 7) is 8.76. The molecule has 1 unspecified atom stereocenters. The third-order valence-corrected chi connectivity index (χ3v) is 4.06. The molecule has 0 bridgehead atoms. The minimum atomic E-state index is -3.08. The van der Waals surface area contributed by atoms with E-state index in [-0.39, 0.29) is 11.2 Å². The maximum absolute atomic E-state index is 11.6. The minimum Gasteiger partial charge on any atom is -0.215 e. The summed E-state index contributed by atoms with van der Waals surface area (Å²) in [6.07, 6.45) is 2.56. The number of hydrogen-bond acceptors (Lipinski definition) is 2. The molecule has 1 N–H and O–H groups in total. The summed E-state index contributed by atoms with van der Waals surface area (Å²) in [6, 6.07) is 0. The van der Waals surface area contributed by atoms with Crippen LogP contribution in [0.1, 0.15) is 47.0 Å². The lowest BCUT2D eigenvalue weighted by Gasteiger charge is -2.17. The van der Waals surface area contributed by atoms with Crippen molar-refractivity contribution in [3.05, 3.63) is 0 Å². The molecule has 0 aliphatic rings. The van der Waals surface area contributed by atoms with Gasteiger partial charge in [-0.1, -0.05) is 43.6 Å². The van der Waals surface area contributed by atoms with E-state index in [1.165, 1.54) is 0 Å². The molecule has 0 spiro atoms. The fourth-order valence-corrected chi connectivity index (χ4v) is 2.93. The van der Waals surface area contributed by atoms with E-state index < -0.39 is 10.0 Å². The monoisotopic (exact) mass is 313 g/mol. The van der Waals surface area contributed by atoms with Crippen molar-refractivity contribution < 1.29 is 8.42 Å². The van der Waals surface area contributed by atoms with Crippen LogP contribution in [0.3, 0.4) is 0 Å². The zero-order chi connectivity index (χ0) is 12.8. The molecule has 0 heterocycles. The van der Waals surface area contributed by atoms with Crippen molar-refractivity contribution in [2.45, 2.75) is 51.8 Å². The van der Waals surface area contributed by atoms with Crippen LogP contribution in [0.15, 0.2) is 0 Å². The van der Waals surface area contributed by atoms with Crippen molar-refractivity contribution in [1.29, 1.82) is 0 Å². The number of nitrogens with one attached hydrogen (secondary N) is 1. The molecule has 0 aliphatic carbocycles. The Morgan fingerprint density at radius 2 is 1.88 bits per heavy atom. The maximum Gasteiger partial charge on any atom is 0.211 e. The molecule has 0 rings (SSSR count). The highest BCUT2D eigenvalue weighted by atomic mass is 79.9. The van der Waals surface area contributed by atoms with E-state index in [4.69, 9.17) is 0 Å². The second-order valence-corrected chi connectivity index (χ2v) is 8.94. The van der Waals surface area contributed by atoms with E-state index >= 15 is 0 Å². The fourth-order valence-electron chi connectivity index (χ4n) is 1.12. The van der Waals surface area contributed by atoms with E-state index in [1.54, 1.807) is 0 Å². The second kappa shape index (κ2) is 6.97. The van der Waals surface area contributed by atoms with Crippen molar-refractivity contribution in [3.63, 3.8) is 0 Å². The van der Waals surface area contributed by atoms with Crippen LogP contribution in [0.2, 0.25) is 0 Å². The van der Waals surface area contributed by atoms with Crippen LogP contribution in [0.4, 0.5) is 0 Å². The number of alkyl halides is 1. The average Bonchev–Trinajstić information content (AvgIpc) is 2.08. The first-order valence-corrected chi connectivity index (χ1v) is 8.30. The van der Waals surface area contributed by atoms with Crippen molar-refractivity contribution in [3.8, 4) is 0 Å². The number of sulfonamides is 1. The molecule has 16 heavy (non-hydrogen) atoms. The number of halogens is 1. The van der Waals surface area contributed by atoms with Crippen LogP contribution < -0.4 is 4.72 Å². The Morgan fingerprint density at radius 3 is 2.31 bits per heavy atom. The summed E-state index contributed by atoms with van der Waals surface area (Å²) in [7, 11) is -3.08. The van der Waals surface area contributed by atoms with Gasteiger partial charge in [0.2, 0.25) is 10.0 Å². The zero-order valence-corrected chi connectivity index (χ0v) is 13.1. The van der Waals surface area contributed by atoms with Crippen LogP contribution in [0.25, 0.3) is 0 Å². The third-order valence-electron chi connectivity index (χ3n) is 2.22. The first-order chi connectivity index (χ1) is 7.12. The topological polar surface area (TPSA) is 46.2 Å². The van der Waals surface area contributed by atoms with Crippen molar-refractivity contribution in [1.82, 2.24) is 4.72 Å². The van der Waals surface area contributed by atoms with Gasteiger partial charge >= 0.3 is 0 Å². The molecule has 98 valence electrons. The fraction of sp³-hybridized carbons (Fsp3) is 1.00. The lowest BCUT2D eigenvalue weighted by atomic mass is 9.94. The SMILES string of the molecule is CC(Br)CCCNS(=O)(=O)CCC(C)(C)C. The highest BCUT2D eigenvalue weighted by Crippen LogP contribution is 2.18. The van der Waals surface area contributed by atoms with Gasteiger partial charge in [0.25, 0.3) is 0 Å². The highest BCUT2D eigenvalue weighted by Gasteiger charge is 2.16. The van der Waals surface area contributed by atoms with Crippen LogP contribution in [0, 0.1) is 5.41 Å². The largest absolute Gasteiger partial charge is 0.215 e. The molecular weight excluding hydrogens is 290 g/mol. The smallest absolute Gasteiger partial charge is 0.211 e. The van der Waals surface area contributed by atoms with Gasteiger partial charge in [0.05, 0.1) is 5.75 Å². The Bertz CT molecular complexity index is 281. The van der Waals surface area contributed by atoms with E-state index in [1.807, 2.05) is 0 Å². The van der Waals surface area contributed by atoms with E-state index in [0.29, 0.717) is 17.8 Å². The molecule has 0 amide bonds. The Balaban J connectivity index is 3.80. The van der Waals surface area contributed by atoms with E-state index in [2.05, 4.69) is 48.3 Å². The molecule has 0 saturated carbocycles. The average molecular weight is 314 g/mol. The molecule has 0 aromatic carbocycles. The van der Waals surface area contributed by atoms with Gasteiger partial charge in [-0.15, -0.1) is 0 Å². The lowest BCUT2D eigenvalue weighted by Crippen LogP contribution is -2.29. The molecule has 0 aromatic rings. The second-order valence-electron chi connectivity index (χ2n) is 5.45. The van der Waals surface area contributed by atoms with Gasteiger partial charge in [0.15, 0.2) is 0 Å². The Morgan fingerprint density at radius 1 is 1.31 bits per heavy atom. The maximum atomic E-state index is 11.6. The molecule has 5 heteroatoms. The summed E-state index contributed by atoms with van der Waals surface area (Å²) in [5, 5.41) is 0. The summed E-state index contributed by atoms with van der Waals surface area (Å²) in [5.74, 6) is 0.223. The normalized spacial score (nSPS) is 15.1. The summed E-state index contributed by atoms with van der Waals surface area (Å²) >= 11 is 3.43. The van der Waals surface area contributed by atoms with E-state index in [9.17, 15) is 8.42 Å². The van der Waals surface area contributed by atoms with Gasteiger partial charge < -0.3 is 0 Å². The molecule has 0 radical (unpaired) electrons. The van der Waals surface area contributed by atoms with Crippen LogP contribution in [-0.4, -0.2) is 25.5 Å². The van der Waals surface area contributed by atoms with Gasteiger partial charge in [-0.3, -0.25) is 0 Å². The zero-order valence-electron chi connectivity index (χ0n) is 10.7. The van der Waals surface area contributed by atoms with Crippen LogP contribution in [0.5, 0.6) is 0 Å². The summed E-state index contributed by atoms with van der Waals surface area (Å²) < 4.78 is 25.8. The van der Waals surface area contributed by atoms with Crippen molar-refractivity contribution >= 4 is 26.0 Å². The molecule has 3 nitrogen and oxygen atoms in total. The molecule has 0 fully saturated rings. The van der Waals surface area contributed by atoms with Crippen molar-refractivity contribution in [2.75, 3.05) is 12.3 Å². The van der Waals surface area contributed by atoms with Crippen LogP contribution in [-0.2, 0) is 10.0 Å². The van der Waals surface area contributed by atoms with Crippen LogP contribution >= 0.6 is 15.9 Å². The molecule has 1 atom stereocenters. The Kier molecular flexibility index (Phi) is 7.14. The van der Waals surface area contributed by atoms with Gasteiger partial charge in [-0.25, -0.2) is 13.1 Å². The lowest BCUT2D eigenvalue weighted by molar-refractivity contribution is 0.396. The first-order valence-electron chi connectivity index (χ1n) is 5.74. The summed E-state index contributed by atoms with van der Waals surface area (Å²) in [5.41, 5.74) is 0.0686. The number of hydrogen-bond donors (Lipinski definition) is 1. The molecule has 0 aromatic heterocycles. The third kappa shape index (κ3) is 10.9. The predicted molar refractivity (Wildman–Crippen MR) is 73.5 cm³/mol. The number of rotatable bonds is 7. The van der Waals surface area contributed by atoms with Gasteiger partial charge in [-0.2, -0.15) is 0 Å². The van der Waals surface area contributed by atoms with Crippen molar-refractivity contribution in [2.24, 2.45) is 5.41 Å². The Hall–Kier alpha value is 0.390. The first kappa shape index (κ1) is 16.4. The standard InChI is InChI=1S/C11H24BrNO2S/c1-10(12)6-5-8-13-16(14,15)9-7-11(2,3)4/h10,13H,5-9H2,1-4H3. The van der Waals surface area contributed by atoms with E-state index in [0.717, 1.165) is 12.8 Å². The molecular formula is C11H24BrNO2S. The van der Waals surface area contributed by atoms with Gasteiger partial charge in [0.1, 0.15) is 0 Å². The summed E-state index contributed by atoms with van der Waals surface area (Å²) in [4.78, 5) is 0.451. The minimum absolute atomic E-state index is 0.0686. The predicted octanol–water partition coefficient (Wildman–Crippen LogP) is 2.91. The quantitative estimate of drug-likeness (QED) is 0.580.